The molecule has 2 nitrogen and oxygen atoms in total. The van der Waals surface area contributed by atoms with E-state index in [1.54, 1.807) is 4.57 Å². The quantitative estimate of drug-likeness (QED) is 0.700. The zero-order valence-electron chi connectivity index (χ0n) is 11.1. The van der Waals surface area contributed by atoms with E-state index >= 15 is 0 Å². The molecule has 0 aliphatic rings. The van der Waals surface area contributed by atoms with Crippen molar-refractivity contribution in [1.82, 2.24) is 0 Å². The van der Waals surface area contributed by atoms with Gasteiger partial charge in [0.25, 0.3) is 0 Å². The van der Waals surface area contributed by atoms with E-state index < -0.39 is 0 Å². The van der Waals surface area contributed by atoms with Crippen LogP contribution in [0, 0.1) is 5.41 Å². The predicted octanol–water partition coefficient (Wildman–Crippen LogP) is 3.33. The Morgan fingerprint density at radius 1 is 0.889 bits per heavy atom. The first-order valence-corrected chi connectivity index (χ1v) is 6.10. The van der Waals surface area contributed by atoms with Gasteiger partial charge in [-0.2, -0.15) is 0 Å². The molecule has 1 aromatic carbocycles. The molecule has 18 heavy (non-hydrogen) atoms. The molecule has 0 atom stereocenters. The lowest BCUT2D eigenvalue weighted by molar-refractivity contribution is -0.579. The SMILES string of the molecule is CC(C)(C)C(=O)[n+]1ccc(-c2ccccc2)cc1. The first-order valence-electron chi connectivity index (χ1n) is 6.10. The van der Waals surface area contributed by atoms with Crippen LogP contribution in [0.15, 0.2) is 54.9 Å². The number of nitrogens with zero attached hydrogens (tertiary/aromatic N) is 1. The van der Waals surface area contributed by atoms with Crippen molar-refractivity contribution in [2.75, 3.05) is 0 Å². The van der Waals surface area contributed by atoms with Gasteiger partial charge in [-0.3, -0.25) is 0 Å². The van der Waals surface area contributed by atoms with Crippen molar-refractivity contribution >= 4 is 5.91 Å². The molecule has 0 aliphatic carbocycles. The van der Waals surface area contributed by atoms with E-state index in [-0.39, 0.29) is 11.3 Å². The maximum absolute atomic E-state index is 12.1. The third-order valence-electron chi connectivity index (χ3n) is 2.81. The predicted molar refractivity (Wildman–Crippen MR) is 72.2 cm³/mol. The number of aromatic nitrogens is 1. The van der Waals surface area contributed by atoms with Gasteiger partial charge in [0, 0.05) is 12.1 Å². The minimum absolute atomic E-state index is 0.0992. The van der Waals surface area contributed by atoms with Crippen molar-refractivity contribution in [3.8, 4) is 11.1 Å². The molecule has 0 radical (unpaired) electrons. The molecule has 0 amide bonds. The van der Waals surface area contributed by atoms with E-state index in [4.69, 9.17) is 0 Å². The summed E-state index contributed by atoms with van der Waals surface area (Å²) in [6.07, 6.45) is 3.66. The van der Waals surface area contributed by atoms with Crippen LogP contribution >= 0.6 is 0 Å². The Morgan fingerprint density at radius 2 is 1.39 bits per heavy atom. The Bertz CT molecular complexity index is 536. The number of hydrogen-bond donors (Lipinski definition) is 0. The average Bonchev–Trinajstić information content (AvgIpc) is 2.38. The largest absolute Gasteiger partial charge is 0.397 e. The first-order chi connectivity index (χ1) is 8.48. The molecule has 0 N–H and O–H groups in total. The maximum Gasteiger partial charge on any atom is 0.397 e. The van der Waals surface area contributed by atoms with Crippen LogP contribution in [0.1, 0.15) is 25.6 Å². The summed E-state index contributed by atoms with van der Waals surface area (Å²) < 4.78 is 1.65. The van der Waals surface area contributed by atoms with Gasteiger partial charge in [0.2, 0.25) is 0 Å². The monoisotopic (exact) mass is 240 g/mol. The molecule has 0 fully saturated rings. The van der Waals surface area contributed by atoms with Gasteiger partial charge >= 0.3 is 5.91 Å². The second-order valence-corrected chi connectivity index (χ2v) is 5.42. The van der Waals surface area contributed by atoms with Gasteiger partial charge in [-0.25, -0.2) is 4.79 Å². The van der Waals surface area contributed by atoms with Gasteiger partial charge in [-0.15, -0.1) is 4.57 Å². The van der Waals surface area contributed by atoms with Crippen molar-refractivity contribution < 1.29 is 9.36 Å². The molecule has 0 saturated carbocycles. The lowest BCUT2D eigenvalue weighted by atomic mass is 9.95. The molecule has 1 heterocycles. The van der Waals surface area contributed by atoms with Gasteiger partial charge in [0.15, 0.2) is 12.4 Å². The Labute approximate surface area is 108 Å². The Hall–Kier alpha value is -1.96. The number of carbonyl (C=O) groups is 1. The number of rotatable bonds is 1. The smallest absolute Gasteiger partial charge is 0.219 e. The second-order valence-electron chi connectivity index (χ2n) is 5.42. The van der Waals surface area contributed by atoms with E-state index in [0.717, 1.165) is 11.1 Å². The van der Waals surface area contributed by atoms with Gasteiger partial charge < -0.3 is 0 Å². The molecule has 0 spiro atoms. The minimum atomic E-state index is -0.362. The zero-order valence-corrected chi connectivity index (χ0v) is 11.1. The van der Waals surface area contributed by atoms with E-state index in [2.05, 4.69) is 12.1 Å². The van der Waals surface area contributed by atoms with E-state index in [9.17, 15) is 4.79 Å². The first kappa shape index (κ1) is 12.5. The Kier molecular flexibility index (Phi) is 3.28. The van der Waals surface area contributed by atoms with Crippen molar-refractivity contribution in [3.05, 3.63) is 54.9 Å². The standard InChI is InChI=1S/C16H18NO/c1-16(2,3)15(18)17-11-9-14(10-12-17)13-7-5-4-6-8-13/h4-12H,1-3H3/q+1. The normalized spacial score (nSPS) is 11.3. The second kappa shape index (κ2) is 4.73. The van der Waals surface area contributed by atoms with Crippen LogP contribution in [0.25, 0.3) is 11.1 Å². The summed E-state index contributed by atoms with van der Waals surface area (Å²) in [5, 5.41) is 0. The fourth-order valence-corrected chi connectivity index (χ4v) is 1.77. The van der Waals surface area contributed by atoms with Gasteiger partial charge in [-0.1, -0.05) is 30.3 Å². The summed E-state index contributed by atoms with van der Waals surface area (Å²) in [5.41, 5.74) is 1.92. The molecule has 0 saturated heterocycles. The van der Waals surface area contributed by atoms with Gasteiger partial charge in [-0.05, 0) is 31.9 Å². The van der Waals surface area contributed by atoms with Crippen LogP contribution < -0.4 is 4.57 Å². The fraction of sp³-hybridized carbons (Fsp3) is 0.250. The Morgan fingerprint density at radius 3 is 1.89 bits per heavy atom. The zero-order chi connectivity index (χ0) is 13.2. The molecule has 0 unspecified atom stereocenters. The van der Waals surface area contributed by atoms with Crippen molar-refractivity contribution in [2.24, 2.45) is 5.41 Å². The molecular formula is C16H18NO+. The molecule has 2 heteroatoms. The van der Waals surface area contributed by atoms with E-state index in [1.165, 1.54) is 0 Å². The van der Waals surface area contributed by atoms with Crippen LogP contribution in [-0.2, 0) is 0 Å². The number of pyridine rings is 1. The summed E-state index contributed by atoms with van der Waals surface area (Å²) in [6.45, 7) is 5.77. The molecule has 0 aliphatic heterocycles. The van der Waals surface area contributed by atoms with Crippen molar-refractivity contribution in [2.45, 2.75) is 20.8 Å². The highest BCUT2D eigenvalue weighted by Crippen LogP contribution is 2.17. The molecule has 0 bridgehead atoms. The highest BCUT2D eigenvalue weighted by molar-refractivity contribution is 5.73. The van der Waals surface area contributed by atoms with Crippen molar-refractivity contribution in [3.63, 3.8) is 0 Å². The highest BCUT2D eigenvalue weighted by Gasteiger charge is 2.30. The van der Waals surface area contributed by atoms with Crippen LogP contribution in [-0.4, -0.2) is 5.91 Å². The van der Waals surface area contributed by atoms with E-state index in [1.807, 2.05) is 63.5 Å². The molecule has 92 valence electrons. The number of benzene rings is 1. The molecule has 1 aromatic heterocycles. The third-order valence-corrected chi connectivity index (χ3v) is 2.81. The molecule has 2 rings (SSSR count). The summed E-state index contributed by atoms with van der Waals surface area (Å²) in [6, 6.07) is 14.1. The van der Waals surface area contributed by atoms with E-state index in [0.29, 0.717) is 0 Å². The number of carbonyl (C=O) groups excluding carboxylic acids is 1. The fourth-order valence-electron chi connectivity index (χ4n) is 1.77. The summed E-state index contributed by atoms with van der Waals surface area (Å²) in [7, 11) is 0. The van der Waals surface area contributed by atoms with Gasteiger partial charge in [0.05, 0.1) is 5.41 Å². The summed E-state index contributed by atoms with van der Waals surface area (Å²) >= 11 is 0. The van der Waals surface area contributed by atoms with Crippen LogP contribution in [0.5, 0.6) is 0 Å². The summed E-state index contributed by atoms with van der Waals surface area (Å²) in [5.74, 6) is 0.0992. The van der Waals surface area contributed by atoms with Gasteiger partial charge in [0.1, 0.15) is 0 Å². The van der Waals surface area contributed by atoms with Crippen LogP contribution in [0.4, 0.5) is 0 Å². The van der Waals surface area contributed by atoms with Crippen LogP contribution in [0.3, 0.4) is 0 Å². The minimum Gasteiger partial charge on any atom is -0.219 e. The molecule has 2 aromatic rings. The number of hydrogen-bond acceptors (Lipinski definition) is 1. The Balaban J connectivity index is 2.29. The van der Waals surface area contributed by atoms with Crippen LogP contribution in [0.2, 0.25) is 0 Å². The average molecular weight is 240 g/mol. The lowest BCUT2D eigenvalue weighted by Crippen LogP contribution is -2.48. The lowest BCUT2D eigenvalue weighted by Gasteiger charge is -2.10. The molecular weight excluding hydrogens is 222 g/mol. The highest BCUT2D eigenvalue weighted by atomic mass is 16.2. The summed E-state index contributed by atoms with van der Waals surface area (Å²) in [4.78, 5) is 12.1. The van der Waals surface area contributed by atoms with Crippen molar-refractivity contribution in [1.29, 1.82) is 0 Å². The maximum atomic E-state index is 12.1. The third kappa shape index (κ3) is 2.65. The topological polar surface area (TPSA) is 20.9 Å².